The smallest absolute Gasteiger partial charge is 0.320 e. The molecule has 3 heterocycles. The quantitative estimate of drug-likeness (QED) is 0.909. The van der Waals surface area contributed by atoms with Crippen LogP contribution in [0.1, 0.15) is 24.4 Å². The number of amides is 2. The highest BCUT2D eigenvalue weighted by molar-refractivity contribution is 7.14. The van der Waals surface area contributed by atoms with E-state index in [0.29, 0.717) is 12.4 Å². The highest BCUT2D eigenvalue weighted by Crippen LogP contribution is 2.18. The number of nitrogens with one attached hydrogen (secondary N) is 2. The first-order chi connectivity index (χ1) is 10.7. The molecule has 0 aromatic carbocycles. The fourth-order valence-corrected chi connectivity index (χ4v) is 3.08. The van der Waals surface area contributed by atoms with Crippen LogP contribution in [0.25, 0.3) is 0 Å². The van der Waals surface area contributed by atoms with E-state index >= 15 is 0 Å². The van der Waals surface area contributed by atoms with Crippen LogP contribution < -0.4 is 15.5 Å². The van der Waals surface area contributed by atoms with Gasteiger partial charge in [-0.25, -0.2) is 14.8 Å². The number of hydrogen-bond acceptors (Lipinski definition) is 5. The Morgan fingerprint density at radius 1 is 1.36 bits per heavy atom. The summed E-state index contributed by atoms with van der Waals surface area (Å²) in [6.45, 7) is 4.36. The van der Waals surface area contributed by atoms with Gasteiger partial charge in [-0.1, -0.05) is 0 Å². The average Bonchev–Trinajstić information content (AvgIpc) is 3.18. The summed E-state index contributed by atoms with van der Waals surface area (Å²) in [7, 11) is 0. The SMILES string of the molecule is Cc1cc(N2CCCC2)nc(CNC(=O)Nc2cccs2)n1. The molecular weight excluding hydrogens is 298 g/mol. The van der Waals surface area contributed by atoms with Gasteiger partial charge in [-0.3, -0.25) is 5.32 Å². The molecular formula is C15H19N5OS. The molecule has 2 aromatic rings. The van der Waals surface area contributed by atoms with Crippen molar-refractivity contribution in [2.75, 3.05) is 23.3 Å². The zero-order chi connectivity index (χ0) is 15.4. The van der Waals surface area contributed by atoms with Gasteiger partial charge in [0.05, 0.1) is 11.5 Å². The third-order valence-corrected chi connectivity index (χ3v) is 4.27. The molecule has 1 aliphatic rings. The van der Waals surface area contributed by atoms with E-state index in [9.17, 15) is 4.79 Å². The Hall–Kier alpha value is -2.15. The first-order valence-corrected chi connectivity index (χ1v) is 8.26. The van der Waals surface area contributed by atoms with Crippen LogP contribution in [-0.2, 0) is 6.54 Å². The lowest BCUT2D eigenvalue weighted by Gasteiger charge is -2.17. The van der Waals surface area contributed by atoms with Crippen molar-refractivity contribution in [2.24, 2.45) is 0 Å². The summed E-state index contributed by atoms with van der Waals surface area (Å²) in [6.07, 6.45) is 2.42. The Morgan fingerprint density at radius 2 is 2.18 bits per heavy atom. The maximum atomic E-state index is 11.8. The van der Waals surface area contributed by atoms with Crippen LogP contribution in [0.3, 0.4) is 0 Å². The highest BCUT2D eigenvalue weighted by atomic mass is 32.1. The molecule has 2 aromatic heterocycles. The van der Waals surface area contributed by atoms with E-state index in [0.717, 1.165) is 29.6 Å². The molecule has 3 rings (SSSR count). The summed E-state index contributed by atoms with van der Waals surface area (Å²) in [6, 6.07) is 5.52. The van der Waals surface area contributed by atoms with Gasteiger partial charge in [0.15, 0.2) is 0 Å². The zero-order valence-corrected chi connectivity index (χ0v) is 13.3. The third-order valence-electron chi connectivity index (χ3n) is 3.48. The second kappa shape index (κ2) is 6.74. The topological polar surface area (TPSA) is 70.2 Å². The number of anilines is 2. The van der Waals surface area contributed by atoms with E-state index in [4.69, 9.17) is 0 Å². The molecule has 0 aliphatic carbocycles. The molecule has 116 valence electrons. The lowest BCUT2D eigenvalue weighted by Crippen LogP contribution is -2.29. The minimum absolute atomic E-state index is 0.240. The summed E-state index contributed by atoms with van der Waals surface area (Å²) >= 11 is 1.48. The fraction of sp³-hybridized carbons (Fsp3) is 0.400. The molecule has 7 heteroatoms. The van der Waals surface area contributed by atoms with Gasteiger partial charge in [0.1, 0.15) is 11.6 Å². The molecule has 1 saturated heterocycles. The van der Waals surface area contributed by atoms with Crippen molar-refractivity contribution >= 4 is 28.2 Å². The van der Waals surface area contributed by atoms with E-state index in [1.165, 1.54) is 24.2 Å². The Balaban J connectivity index is 1.60. The van der Waals surface area contributed by atoms with E-state index in [1.807, 2.05) is 30.5 Å². The molecule has 0 unspecified atom stereocenters. The first kappa shape index (κ1) is 14.8. The first-order valence-electron chi connectivity index (χ1n) is 7.38. The Labute approximate surface area is 133 Å². The van der Waals surface area contributed by atoms with Crippen molar-refractivity contribution in [3.05, 3.63) is 35.1 Å². The molecule has 0 radical (unpaired) electrons. The monoisotopic (exact) mass is 317 g/mol. The Kier molecular flexibility index (Phi) is 4.53. The van der Waals surface area contributed by atoms with Crippen LogP contribution >= 0.6 is 11.3 Å². The molecule has 1 fully saturated rings. The van der Waals surface area contributed by atoms with Crippen molar-refractivity contribution in [1.29, 1.82) is 0 Å². The minimum Gasteiger partial charge on any atom is -0.357 e. The van der Waals surface area contributed by atoms with E-state index in [1.54, 1.807) is 0 Å². The van der Waals surface area contributed by atoms with E-state index in [-0.39, 0.29) is 6.03 Å². The zero-order valence-electron chi connectivity index (χ0n) is 12.5. The number of aryl methyl sites for hydroxylation is 1. The maximum Gasteiger partial charge on any atom is 0.320 e. The predicted octanol–water partition coefficient (Wildman–Crippen LogP) is 2.77. The van der Waals surface area contributed by atoms with Gasteiger partial charge in [0.2, 0.25) is 0 Å². The van der Waals surface area contributed by atoms with Crippen molar-refractivity contribution in [2.45, 2.75) is 26.3 Å². The van der Waals surface area contributed by atoms with Crippen LogP contribution in [0.5, 0.6) is 0 Å². The maximum absolute atomic E-state index is 11.8. The Bertz CT molecular complexity index is 637. The number of nitrogens with zero attached hydrogens (tertiary/aromatic N) is 3. The highest BCUT2D eigenvalue weighted by Gasteiger charge is 2.15. The fourth-order valence-electron chi connectivity index (χ4n) is 2.46. The summed E-state index contributed by atoms with van der Waals surface area (Å²) in [5.41, 5.74) is 0.923. The van der Waals surface area contributed by atoms with Gasteiger partial charge in [-0.05, 0) is 37.3 Å². The molecule has 2 amide bonds. The van der Waals surface area contributed by atoms with Gasteiger partial charge >= 0.3 is 6.03 Å². The van der Waals surface area contributed by atoms with Crippen LogP contribution in [0.4, 0.5) is 15.6 Å². The number of aromatic nitrogens is 2. The summed E-state index contributed by atoms with van der Waals surface area (Å²) in [5, 5.41) is 8.31. The Morgan fingerprint density at radius 3 is 2.91 bits per heavy atom. The number of rotatable bonds is 4. The molecule has 0 saturated carbocycles. The molecule has 0 bridgehead atoms. The predicted molar refractivity (Wildman–Crippen MR) is 88.4 cm³/mol. The van der Waals surface area contributed by atoms with Crippen LogP contribution in [-0.4, -0.2) is 29.1 Å². The summed E-state index contributed by atoms with van der Waals surface area (Å²) in [5.74, 6) is 1.60. The number of carbonyl (C=O) groups excluding carboxylic acids is 1. The van der Waals surface area contributed by atoms with Crippen LogP contribution in [0.15, 0.2) is 23.6 Å². The molecule has 0 spiro atoms. The molecule has 6 nitrogen and oxygen atoms in total. The van der Waals surface area contributed by atoms with Crippen molar-refractivity contribution in [3.63, 3.8) is 0 Å². The van der Waals surface area contributed by atoms with Gasteiger partial charge in [-0.15, -0.1) is 11.3 Å². The largest absolute Gasteiger partial charge is 0.357 e. The lowest BCUT2D eigenvalue weighted by molar-refractivity contribution is 0.251. The van der Waals surface area contributed by atoms with Crippen molar-refractivity contribution in [3.8, 4) is 0 Å². The van der Waals surface area contributed by atoms with Gasteiger partial charge in [-0.2, -0.15) is 0 Å². The average molecular weight is 317 g/mol. The van der Waals surface area contributed by atoms with Crippen LogP contribution in [0.2, 0.25) is 0 Å². The lowest BCUT2D eigenvalue weighted by atomic mass is 10.4. The number of carbonyl (C=O) groups is 1. The number of urea groups is 1. The van der Waals surface area contributed by atoms with E-state index in [2.05, 4.69) is 25.5 Å². The van der Waals surface area contributed by atoms with Gasteiger partial charge < -0.3 is 10.2 Å². The number of hydrogen-bond donors (Lipinski definition) is 2. The normalized spacial score (nSPS) is 14.1. The minimum atomic E-state index is -0.240. The number of thiophene rings is 1. The second-order valence-electron chi connectivity index (χ2n) is 5.26. The third kappa shape index (κ3) is 3.73. The van der Waals surface area contributed by atoms with Crippen molar-refractivity contribution in [1.82, 2.24) is 15.3 Å². The standard InChI is InChI=1S/C15H19N5OS/c1-11-9-13(20-6-2-3-7-20)18-12(17-11)10-16-15(21)19-14-5-4-8-22-14/h4-5,8-9H,2-3,6-7,10H2,1H3,(H2,16,19,21). The summed E-state index contributed by atoms with van der Waals surface area (Å²) in [4.78, 5) is 23.1. The van der Waals surface area contributed by atoms with Gasteiger partial charge in [0, 0.05) is 24.8 Å². The molecule has 22 heavy (non-hydrogen) atoms. The second-order valence-corrected chi connectivity index (χ2v) is 6.21. The summed E-state index contributed by atoms with van der Waals surface area (Å²) < 4.78 is 0. The molecule has 2 N–H and O–H groups in total. The van der Waals surface area contributed by atoms with E-state index < -0.39 is 0 Å². The van der Waals surface area contributed by atoms with Gasteiger partial charge in [0.25, 0.3) is 0 Å². The molecule has 0 atom stereocenters. The molecule has 1 aliphatic heterocycles. The van der Waals surface area contributed by atoms with Crippen LogP contribution in [0, 0.1) is 6.92 Å². The van der Waals surface area contributed by atoms with Crippen molar-refractivity contribution < 1.29 is 4.79 Å².